The third-order valence-electron chi connectivity index (χ3n) is 5.17. The van der Waals surface area contributed by atoms with Crippen molar-refractivity contribution >= 4 is 42.1 Å². The molecule has 0 bridgehead atoms. The number of carboxylic acid groups (broad SMARTS) is 1. The Bertz CT molecular complexity index is 1350. The van der Waals surface area contributed by atoms with Crippen LogP contribution >= 0.6 is 11.6 Å². The van der Waals surface area contributed by atoms with Crippen LogP contribution < -0.4 is 10.9 Å². The number of halogens is 1. The Kier molecular flexibility index (Phi) is 6.78. The fraction of sp³-hybridized carbons (Fsp3) is 0.0417. The Balaban J connectivity index is 1.68. The smallest absolute Gasteiger partial charge is 0.478 e. The molecule has 4 aromatic rings. The third-order valence-corrected chi connectivity index (χ3v) is 5.58. The first kappa shape index (κ1) is 23.3. The molecule has 0 radical (unpaired) electrons. The first-order valence-corrected chi connectivity index (χ1v) is 10.6. The molecule has 1 heterocycles. The van der Waals surface area contributed by atoms with Crippen molar-refractivity contribution in [2.45, 2.75) is 6.92 Å². The number of hydrazone groups is 1. The van der Waals surface area contributed by atoms with Gasteiger partial charge in [0.05, 0.1) is 23.2 Å². The van der Waals surface area contributed by atoms with Crippen molar-refractivity contribution in [1.29, 1.82) is 0 Å². The summed E-state index contributed by atoms with van der Waals surface area (Å²) in [6.07, 6.45) is 3.39. The van der Waals surface area contributed by atoms with Gasteiger partial charge in [0.25, 0.3) is 0 Å². The number of rotatable bonds is 7. The predicted octanol–water partition coefficient (Wildman–Crippen LogP) is 3.33. The van der Waals surface area contributed by atoms with Gasteiger partial charge < -0.3 is 15.2 Å². The van der Waals surface area contributed by atoms with E-state index in [4.69, 9.17) is 16.7 Å². The van der Waals surface area contributed by atoms with Gasteiger partial charge >= 0.3 is 13.1 Å². The zero-order valence-electron chi connectivity index (χ0n) is 18.1. The Morgan fingerprint density at radius 1 is 1.09 bits per heavy atom. The minimum Gasteiger partial charge on any atom is -0.478 e. The van der Waals surface area contributed by atoms with Crippen molar-refractivity contribution in [1.82, 2.24) is 9.78 Å². The first-order chi connectivity index (χ1) is 16.3. The summed E-state index contributed by atoms with van der Waals surface area (Å²) in [6, 6.07) is 18.6. The Morgan fingerprint density at radius 3 is 2.41 bits per heavy atom. The van der Waals surface area contributed by atoms with Crippen LogP contribution in [0.5, 0.6) is 0 Å². The first-order valence-electron chi connectivity index (χ1n) is 10.3. The quantitative estimate of drug-likeness (QED) is 0.185. The van der Waals surface area contributed by atoms with Crippen LogP contribution in [0.1, 0.15) is 21.5 Å². The van der Waals surface area contributed by atoms with Crippen molar-refractivity contribution in [3.8, 4) is 16.9 Å². The molecule has 10 heteroatoms. The van der Waals surface area contributed by atoms with E-state index in [1.54, 1.807) is 59.6 Å². The maximum absolute atomic E-state index is 11.2. The number of hydrogen-bond donors (Lipinski definition) is 4. The third kappa shape index (κ3) is 5.18. The predicted molar refractivity (Wildman–Crippen MR) is 133 cm³/mol. The maximum atomic E-state index is 11.2. The molecule has 0 saturated heterocycles. The second kappa shape index (κ2) is 9.92. The average molecular weight is 475 g/mol. The number of benzene rings is 3. The molecular formula is C24H20BClN4O4. The standard InChI is InChI=1S/C24H20BClN4O4/c1-15-2-9-20(12-22(15)26)28-27-13-18-14-30(21-10-5-17(6-11-21)24(31)32)29-23(18)16-3-7-19(8-4-16)25(33)34/h2-14,28,33-34H,1H3,(H,31,32)/b27-13+. The van der Waals surface area contributed by atoms with E-state index in [0.29, 0.717) is 27.4 Å². The summed E-state index contributed by atoms with van der Waals surface area (Å²) < 4.78 is 1.62. The fourth-order valence-corrected chi connectivity index (χ4v) is 3.43. The lowest BCUT2D eigenvalue weighted by Crippen LogP contribution is -2.29. The highest BCUT2D eigenvalue weighted by Gasteiger charge is 2.14. The van der Waals surface area contributed by atoms with Gasteiger partial charge in [0.15, 0.2) is 0 Å². The van der Waals surface area contributed by atoms with Gasteiger partial charge in [-0.2, -0.15) is 10.2 Å². The molecular weight excluding hydrogens is 455 g/mol. The zero-order chi connectivity index (χ0) is 24.2. The second-order valence-electron chi connectivity index (χ2n) is 7.56. The molecule has 34 heavy (non-hydrogen) atoms. The summed E-state index contributed by atoms with van der Waals surface area (Å²) >= 11 is 6.17. The molecule has 0 spiro atoms. The van der Waals surface area contributed by atoms with Crippen LogP contribution in [-0.2, 0) is 0 Å². The molecule has 0 amide bonds. The molecule has 0 fully saturated rings. The van der Waals surface area contributed by atoms with Crippen LogP contribution in [0.3, 0.4) is 0 Å². The number of nitrogens with zero attached hydrogens (tertiary/aromatic N) is 3. The van der Waals surface area contributed by atoms with Crippen LogP contribution in [0.25, 0.3) is 16.9 Å². The number of anilines is 1. The Labute approximate surface area is 200 Å². The molecule has 0 unspecified atom stereocenters. The Hall–Kier alpha value is -3.92. The SMILES string of the molecule is Cc1ccc(N/N=C/c2cn(-c3ccc(C(=O)O)cc3)nc2-c2ccc(B(O)O)cc2)cc1Cl. The number of aryl methyl sites for hydroxylation is 1. The number of carboxylic acids is 1. The van der Waals surface area contributed by atoms with Crippen LogP contribution in [0.15, 0.2) is 78.0 Å². The van der Waals surface area contributed by atoms with E-state index in [2.05, 4.69) is 15.6 Å². The van der Waals surface area contributed by atoms with Gasteiger partial charge in [-0.15, -0.1) is 0 Å². The summed E-state index contributed by atoms with van der Waals surface area (Å²) in [6.45, 7) is 1.92. The maximum Gasteiger partial charge on any atom is 0.488 e. The van der Waals surface area contributed by atoms with Gasteiger partial charge in [-0.05, 0) is 54.3 Å². The summed E-state index contributed by atoms with van der Waals surface area (Å²) in [4.78, 5) is 11.2. The lowest BCUT2D eigenvalue weighted by Gasteiger charge is -2.04. The van der Waals surface area contributed by atoms with Crippen molar-refractivity contribution in [3.63, 3.8) is 0 Å². The van der Waals surface area contributed by atoms with E-state index in [9.17, 15) is 14.8 Å². The van der Waals surface area contributed by atoms with Crippen LogP contribution in [0.4, 0.5) is 5.69 Å². The van der Waals surface area contributed by atoms with E-state index in [0.717, 1.165) is 16.8 Å². The van der Waals surface area contributed by atoms with E-state index < -0.39 is 13.1 Å². The highest BCUT2D eigenvalue weighted by atomic mass is 35.5. The van der Waals surface area contributed by atoms with E-state index in [-0.39, 0.29) is 5.56 Å². The zero-order valence-corrected chi connectivity index (χ0v) is 18.8. The lowest BCUT2D eigenvalue weighted by molar-refractivity contribution is 0.0697. The molecule has 3 aromatic carbocycles. The monoisotopic (exact) mass is 474 g/mol. The van der Waals surface area contributed by atoms with E-state index in [1.807, 2.05) is 19.1 Å². The lowest BCUT2D eigenvalue weighted by atomic mass is 9.80. The molecule has 170 valence electrons. The van der Waals surface area contributed by atoms with Crippen LogP contribution in [0, 0.1) is 6.92 Å². The van der Waals surface area contributed by atoms with Gasteiger partial charge in [-0.1, -0.05) is 41.9 Å². The van der Waals surface area contributed by atoms with Gasteiger partial charge in [0.1, 0.15) is 5.69 Å². The fourth-order valence-electron chi connectivity index (χ4n) is 3.25. The van der Waals surface area contributed by atoms with Crippen molar-refractivity contribution in [2.75, 3.05) is 5.43 Å². The normalized spacial score (nSPS) is 11.1. The molecule has 0 aliphatic carbocycles. The van der Waals surface area contributed by atoms with Crippen molar-refractivity contribution < 1.29 is 19.9 Å². The highest BCUT2D eigenvalue weighted by Crippen LogP contribution is 2.23. The number of hydrogen-bond acceptors (Lipinski definition) is 6. The Morgan fingerprint density at radius 2 is 1.79 bits per heavy atom. The molecule has 4 N–H and O–H groups in total. The average Bonchev–Trinajstić information content (AvgIpc) is 3.25. The van der Waals surface area contributed by atoms with E-state index >= 15 is 0 Å². The summed E-state index contributed by atoms with van der Waals surface area (Å²) in [5.41, 5.74) is 7.88. The summed E-state index contributed by atoms with van der Waals surface area (Å²) in [5, 5.41) is 37.5. The minimum absolute atomic E-state index is 0.178. The molecule has 0 saturated carbocycles. The molecule has 0 aliphatic heterocycles. The van der Waals surface area contributed by atoms with Crippen LogP contribution in [0.2, 0.25) is 5.02 Å². The summed E-state index contributed by atoms with van der Waals surface area (Å²) in [5.74, 6) is -1.01. The number of nitrogens with one attached hydrogen (secondary N) is 1. The highest BCUT2D eigenvalue weighted by molar-refractivity contribution is 6.58. The van der Waals surface area contributed by atoms with Crippen LogP contribution in [-0.4, -0.2) is 44.2 Å². The number of aromatic carboxylic acids is 1. The topological polar surface area (TPSA) is 120 Å². The van der Waals surface area contributed by atoms with Gasteiger partial charge in [0, 0.05) is 22.3 Å². The van der Waals surface area contributed by atoms with Gasteiger partial charge in [-0.3, -0.25) is 5.43 Å². The van der Waals surface area contributed by atoms with Gasteiger partial charge in [0.2, 0.25) is 0 Å². The number of carbonyl (C=O) groups is 1. The van der Waals surface area contributed by atoms with Crippen molar-refractivity contribution in [3.05, 3.63) is 94.6 Å². The van der Waals surface area contributed by atoms with Gasteiger partial charge in [-0.25, -0.2) is 9.48 Å². The molecule has 1 aromatic heterocycles. The molecule has 4 rings (SSSR count). The molecule has 0 aliphatic rings. The molecule has 0 atom stereocenters. The second-order valence-corrected chi connectivity index (χ2v) is 7.97. The number of aromatic nitrogens is 2. The minimum atomic E-state index is -1.56. The van der Waals surface area contributed by atoms with E-state index in [1.165, 1.54) is 12.1 Å². The summed E-state index contributed by atoms with van der Waals surface area (Å²) in [7, 11) is -1.56. The molecule has 8 nitrogen and oxygen atoms in total. The van der Waals surface area contributed by atoms with Crippen molar-refractivity contribution in [2.24, 2.45) is 5.10 Å². The largest absolute Gasteiger partial charge is 0.488 e.